The van der Waals surface area contributed by atoms with Gasteiger partial charge in [0, 0.05) is 5.57 Å². The second-order valence-corrected chi connectivity index (χ2v) is 6.74. The van der Waals surface area contributed by atoms with Crippen LogP contribution >= 0.6 is 0 Å². The zero-order chi connectivity index (χ0) is 21.3. The van der Waals surface area contributed by atoms with Crippen molar-refractivity contribution < 1.29 is 19.1 Å². The summed E-state index contributed by atoms with van der Waals surface area (Å²) in [5.74, 6) is 0.198. The number of benzene rings is 3. The second-order valence-electron chi connectivity index (χ2n) is 6.74. The van der Waals surface area contributed by atoms with Crippen LogP contribution in [0.1, 0.15) is 28.4 Å². The molecule has 30 heavy (non-hydrogen) atoms. The van der Waals surface area contributed by atoms with Gasteiger partial charge in [0.05, 0.1) is 5.56 Å². The van der Waals surface area contributed by atoms with E-state index in [9.17, 15) is 9.59 Å². The van der Waals surface area contributed by atoms with Crippen molar-refractivity contribution in [2.45, 2.75) is 13.3 Å². The van der Waals surface area contributed by atoms with E-state index >= 15 is 0 Å². The Bertz CT molecular complexity index is 1050. The third kappa shape index (κ3) is 6.04. The Morgan fingerprint density at radius 1 is 0.833 bits per heavy atom. The number of esters is 2. The van der Waals surface area contributed by atoms with Crippen molar-refractivity contribution in [3.05, 3.63) is 114 Å². The van der Waals surface area contributed by atoms with Gasteiger partial charge in [-0.1, -0.05) is 61.2 Å². The average Bonchev–Trinajstić information content (AvgIpc) is 2.76. The molecule has 0 amide bonds. The van der Waals surface area contributed by atoms with Crippen LogP contribution in [0.25, 0.3) is 6.08 Å². The maximum atomic E-state index is 12.2. The van der Waals surface area contributed by atoms with Gasteiger partial charge >= 0.3 is 11.9 Å². The van der Waals surface area contributed by atoms with Crippen molar-refractivity contribution in [2.75, 3.05) is 0 Å². The van der Waals surface area contributed by atoms with Crippen molar-refractivity contribution in [3.8, 4) is 11.5 Å². The minimum absolute atomic E-state index is 0.362. The number of rotatable bonds is 7. The Kier molecular flexibility index (Phi) is 6.95. The highest BCUT2D eigenvalue weighted by Crippen LogP contribution is 2.16. The van der Waals surface area contributed by atoms with E-state index in [1.54, 1.807) is 43.3 Å². The molecule has 0 bridgehead atoms. The van der Waals surface area contributed by atoms with Gasteiger partial charge in [-0.25, -0.2) is 9.59 Å². The van der Waals surface area contributed by atoms with Gasteiger partial charge in [-0.05, 0) is 60.9 Å². The van der Waals surface area contributed by atoms with Gasteiger partial charge in [-0.3, -0.25) is 0 Å². The summed E-state index contributed by atoms with van der Waals surface area (Å²) in [6.45, 7) is 5.17. The summed E-state index contributed by atoms with van der Waals surface area (Å²) in [5.41, 5.74) is 2.93. The molecule has 0 aromatic heterocycles. The Hall–Kier alpha value is -3.92. The molecule has 0 spiro atoms. The SMILES string of the molecule is C=C(C)C(=O)Oc1ccc(CC=Cc2ccc(C(=O)Oc3ccccc3)cc2)cc1. The van der Waals surface area contributed by atoms with Crippen molar-refractivity contribution in [1.29, 1.82) is 0 Å². The lowest BCUT2D eigenvalue weighted by molar-refractivity contribution is -0.130. The van der Waals surface area contributed by atoms with E-state index < -0.39 is 5.97 Å². The van der Waals surface area contributed by atoms with E-state index in [4.69, 9.17) is 9.47 Å². The fraction of sp³-hybridized carbons (Fsp3) is 0.0769. The molecule has 4 heteroatoms. The Morgan fingerprint density at radius 3 is 2.10 bits per heavy atom. The van der Waals surface area contributed by atoms with Gasteiger partial charge in [0.15, 0.2) is 0 Å². The minimum Gasteiger partial charge on any atom is -0.423 e. The molecule has 0 radical (unpaired) electrons. The van der Waals surface area contributed by atoms with Gasteiger partial charge in [0.25, 0.3) is 0 Å². The van der Waals surface area contributed by atoms with Crippen LogP contribution < -0.4 is 9.47 Å². The van der Waals surface area contributed by atoms with Crippen LogP contribution in [0, 0.1) is 0 Å². The number of allylic oxidation sites excluding steroid dienone is 1. The molecule has 3 aromatic rings. The van der Waals surface area contributed by atoms with Crippen LogP contribution in [0.4, 0.5) is 0 Å². The lowest BCUT2D eigenvalue weighted by atomic mass is 10.1. The molecule has 0 N–H and O–H groups in total. The highest BCUT2D eigenvalue weighted by atomic mass is 16.5. The maximum absolute atomic E-state index is 12.2. The van der Waals surface area contributed by atoms with Crippen LogP contribution in [0.5, 0.6) is 11.5 Å². The van der Waals surface area contributed by atoms with Gasteiger partial charge in [0.1, 0.15) is 11.5 Å². The van der Waals surface area contributed by atoms with Crippen molar-refractivity contribution in [3.63, 3.8) is 0 Å². The van der Waals surface area contributed by atoms with Gasteiger partial charge < -0.3 is 9.47 Å². The van der Waals surface area contributed by atoms with Crippen LogP contribution in [-0.2, 0) is 11.2 Å². The van der Waals surface area contributed by atoms with Crippen LogP contribution in [0.3, 0.4) is 0 Å². The summed E-state index contributed by atoms with van der Waals surface area (Å²) < 4.78 is 10.5. The number of hydrogen-bond donors (Lipinski definition) is 0. The lowest BCUT2D eigenvalue weighted by Crippen LogP contribution is -2.08. The van der Waals surface area contributed by atoms with Crippen LogP contribution in [0.15, 0.2) is 97.1 Å². The fourth-order valence-electron chi connectivity index (χ4n) is 2.60. The van der Waals surface area contributed by atoms with Crippen molar-refractivity contribution in [2.24, 2.45) is 0 Å². The van der Waals surface area contributed by atoms with E-state index in [1.165, 1.54) is 0 Å². The van der Waals surface area contributed by atoms with E-state index in [2.05, 4.69) is 6.58 Å². The lowest BCUT2D eigenvalue weighted by Gasteiger charge is -2.05. The molecule has 0 aliphatic rings. The summed E-state index contributed by atoms with van der Waals surface area (Å²) in [5, 5.41) is 0. The molecule has 0 fully saturated rings. The largest absolute Gasteiger partial charge is 0.423 e. The summed E-state index contributed by atoms with van der Waals surface area (Å²) >= 11 is 0. The average molecular weight is 398 g/mol. The Morgan fingerprint density at radius 2 is 1.47 bits per heavy atom. The first-order valence-electron chi connectivity index (χ1n) is 9.52. The molecule has 0 heterocycles. The monoisotopic (exact) mass is 398 g/mol. The quantitative estimate of drug-likeness (QED) is 0.293. The van der Waals surface area contributed by atoms with Gasteiger partial charge in [-0.2, -0.15) is 0 Å². The highest BCUT2D eigenvalue weighted by molar-refractivity contribution is 5.91. The predicted octanol–water partition coefficient (Wildman–Crippen LogP) is 5.64. The number of carbonyl (C=O) groups is 2. The Labute approximate surface area is 176 Å². The Balaban J connectivity index is 1.53. The fourth-order valence-corrected chi connectivity index (χ4v) is 2.60. The summed E-state index contributed by atoms with van der Waals surface area (Å²) in [7, 11) is 0. The predicted molar refractivity (Wildman–Crippen MR) is 117 cm³/mol. The first-order chi connectivity index (χ1) is 14.5. The molecule has 0 saturated heterocycles. The summed E-state index contributed by atoms with van der Waals surface area (Å²) in [6, 6.07) is 23.6. The van der Waals surface area contributed by atoms with Crippen molar-refractivity contribution in [1.82, 2.24) is 0 Å². The zero-order valence-electron chi connectivity index (χ0n) is 16.7. The summed E-state index contributed by atoms with van der Waals surface area (Å²) in [6.07, 6.45) is 4.75. The van der Waals surface area contributed by atoms with E-state index in [0.717, 1.165) is 17.5 Å². The second kappa shape index (κ2) is 10.0. The molecular weight excluding hydrogens is 376 g/mol. The molecule has 0 saturated carbocycles. The molecule has 0 aliphatic carbocycles. The van der Waals surface area contributed by atoms with E-state index in [1.807, 2.05) is 54.6 Å². The number of ether oxygens (including phenoxy) is 2. The number of para-hydroxylation sites is 1. The first kappa shape index (κ1) is 20.8. The highest BCUT2D eigenvalue weighted by Gasteiger charge is 2.08. The van der Waals surface area contributed by atoms with Crippen LogP contribution in [0.2, 0.25) is 0 Å². The standard InChI is InChI=1S/C26H22O4/c1-19(2)25(27)29-24-17-13-21(14-18-24)8-6-7-20-11-15-22(16-12-20)26(28)30-23-9-4-3-5-10-23/h3-7,9-18H,1,8H2,2H3. The third-order valence-electron chi connectivity index (χ3n) is 4.25. The molecule has 0 atom stereocenters. The number of carbonyl (C=O) groups excluding carboxylic acids is 2. The maximum Gasteiger partial charge on any atom is 0.343 e. The van der Waals surface area contributed by atoms with Gasteiger partial charge in [0.2, 0.25) is 0 Å². The zero-order valence-corrected chi connectivity index (χ0v) is 16.7. The third-order valence-corrected chi connectivity index (χ3v) is 4.25. The molecule has 4 nitrogen and oxygen atoms in total. The summed E-state index contributed by atoms with van der Waals surface area (Å²) in [4.78, 5) is 23.7. The first-order valence-corrected chi connectivity index (χ1v) is 9.52. The minimum atomic E-state index is -0.432. The van der Waals surface area contributed by atoms with E-state index in [0.29, 0.717) is 22.6 Å². The molecule has 150 valence electrons. The van der Waals surface area contributed by atoms with E-state index in [-0.39, 0.29) is 5.97 Å². The molecule has 3 rings (SSSR count). The van der Waals surface area contributed by atoms with Crippen LogP contribution in [-0.4, -0.2) is 11.9 Å². The smallest absolute Gasteiger partial charge is 0.343 e. The van der Waals surface area contributed by atoms with Gasteiger partial charge in [-0.15, -0.1) is 0 Å². The molecule has 0 aliphatic heterocycles. The normalized spacial score (nSPS) is 10.6. The molecular formula is C26H22O4. The molecule has 0 unspecified atom stereocenters. The number of hydrogen-bond acceptors (Lipinski definition) is 4. The van der Waals surface area contributed by atoms with Crippen molar-refractivity contribution >= 4 is 18.0 Å². The molecule has 3 aromatic carbocycles. The topological polar surface area (TPSA) is 52.6 Å².